The topological polar surface area (TPSA) is 0 Å². The van der Waals surface area contributed by atoms with E-state index in [0.29, 0.717) is 11.1 Å². The second-order valence-electron chi connectivity index (χ2n) is 15.2. The molecule has 0 radical (unpaired) electrons. The molecule has 0 aliphatic heterocycles. The first-order valence-corrected chi connectivity index (χ1v) is 18.4. The van der Waals surface area contributed by atoms with Crippen molar-refractivity contribution in [3.63, 3.8) is 0 Å². The van der Waals surface area contributed by atoms with Gasteiger partial charge in [0.15, 0.2) is 0 Å². The molecule has 0 saturated carbocycles. The first-order valence-electron chi connectivity index (χ1n) is 18.4. The van der Waals surface area contributed by atoms with Gasteiger partial charge in [-0.15, -0.1) is 0 Å². The van der Waals surface area contributed by atoms with Crippen LogP contribution in [0, 0.1) is 13.8 Å². The van der Waals surface area contributed by atoms with E-state index >= 15 is 0 Å². The molecule has 0 saturated heterocycles. The van der Waals surface area contributed by atoms with Gasteiger partial charge in [0.25, 0.3) is 0 Å². The summed E-state index contributed by atoms with van der Waals surface area (Å²) in [7, 11) is 0. The molecule has 0 aliphatic rings. The van der Waals surface area contributed by atoms with Gasteiger partial charge in [0, 0.05) is 0 Å². The van der Waals surface area contributed by atoms with E-state index < -0.39 is 23.5 Å². The number of aryl methyl sites for hydroxylation is 2. The second-order valence-corrected chi connectivity index (χ2v) is 15.2. The molecule has 56 heavy (non-hydrogen) atoms. The van der Waals surface area contributed by atoms with Crippen molar-refractivity contribution in [3.8, 4) is 22.3 Å². The molecule has 270 valence electrons. The van der Waals surface area contributed by atoms with Crippen LogP contribution in [0.15, 0.2) is 133 Å². The van der Waals surface area contributed by atoms with E-state index in [2.05, 4.69) is 72.8 Å². The van der Waals surface area contributed by atoms with Gasteiger partial charge in [-0.05, 0) is 176 Å². The zero-order chi connectivity index (χ0) is 38.4. The van der Waals surface area contributed by atoms with Gasteiger partial charge in [-0.1, -0.05) is 91.0 Å². The van der Waals surface area contributed by atoms with Crippen LogP contribution in [-0.2, 0) is 12.4 Å². The van der Waals surface area contributed by atoms with Gasteiger partial charge in [-0.2, -0.15) is 26.3 Å². The van der Waals surface area contributed by atoms with E-state index in [9.17, 15) is 26.3 Å². The van der Waals surface area contributed by atoms with Crippen molar-refractivity contribution < 1.29 is 26.3 Å². The molecular formula is C50H28F6. The highest BCUT2D eigenvalue weighted by Crippen LogP contribution is 2.54. The van der Waals surface area contributed by atoms with Crippen LogP contribution in [-0.4, -0.2) is 0 Å². The molecule has 0 unspecified atom stereocenters. The largest absolute Gasteiger partial charge is 0.416 e. The van der Waals surface area contributed by atoms with E-state index in [1.165, 1.54) is 0 Å². The highest BCUT2D eigenvalue weighted by atomic mass is 19.4. The lowest BCUT2D eigenvalue weighted by Gasteiger charge is -2.18. The van der Waals surface area contributed by atoms with Gasteiger partial charge >= 0.3 is 12.4 Å². The normalized spacial score (nSPS) is 13.0. The van der Waals surface area contributed by atoms with E-state index in [4.69, 9.17) is 0 Å². The number of fused-ring (bicyclic) bond motifs is 9. The van der Waals surface area contributed by atoms with Gasteiger partial charge in [0.2, 0.25) is 0 Å². The number of benzene rings is 9. The maximum atomic E-state index is 14.0. The Bertz CT molecular complexity index is 3420. The Morgan fingerprint density at radius 1 is 0.321 bits per heavy atom. The molecule has 11 aromatic carbocycles. The summed E-state index contributed by atoms with van der Waals surface area (Å²) in [5.74, 6) is 0. The van der Waals surface area contributed by atoms with Crippen LogP contribution in [0.5, 0.6) is 0 Å². The van der Waals surface area contributed by atoms with Crippen LogP contribution in [0.3, 0.4) is 0 Å². The van der Waals surface area contributed by atoms with Crippen molar-refractivity contribution >= 4 is 86.2 Å². The van der Waals surface area contributed by atoms with Crippen LogP contribution in [0.2, 0.25) is 0 Å². The summed E-state index contributed by atoms with van der Waals surface area (Å²) >= 11 is 0. The predicted molar refractivity (Wildman–Crippen MR) is 219 cm³/mol. The van der Waals surface area contributed by atoms with Gasteiger partial charge in [0.1, 0.15) is 0 Å². The van der Waals surface area contributed by atoms with Crippen molar-refractivity contribution in [2.75, 3.05) is 0 Å². The Morgan fingerprint density at radius 3 is 1.30 bits per heavy atom. The van der Waals surface area contributed by atoms with E-state index in [1.807, 2.05) is 26.0 Å². The summed E-state index contributed by atoms with van der Waals surface area (Å²) in [6.45, 7) is 4.06. The van der Waals surface area contributed by atoms with E-state index in [0.717, 1.165) is 133 Å². The summed E-state index contributed by atoms with van der Waals surface area (Å²) in [5.41, 5.74) is 3.38. The summed E-state index contributed by atoms with van der Waals surface area (Å²) in [6, 6.07) is 40.3. The molecule has 11 aromatic rings. The molecule has 0 heterocycles. The number of hydrogen-bond acceptors (Lipinski definition) is 0. The zero-order valence-electron chi connectivity index (χ0n) is 30.0. The first-order chi connectivity index (χ1) is 26.8. The van der Waals surface area contributed by atoms with Crippen LogP contribution < -0.4 is 0 Å². The maximum Gasteiger partial charge on any atom is 0.416 e. The van der Waals surface area contributed by atoms with Crippen LogP contribution in [0.4, 0.5) is 26.3 Å². The second kappa shape index (κ2) is 11.1. The summed E-state index contributed by atoms with van der Waals surface area (Å²) in [4.78, 5) is 0. The van der Waals surface area contributed by atoms with Crippen LogP contribution in [0.25, 0.3) is 108 Å². The number of halogens is 6. The van der Waals surface area contributed by atoms with Crippen molar-refractivity contribution in [1.82, 2.24) is 0 Å². The molecule has 0 nitrogen and oxygen atoms in total. The Labute approximate surface area is 315 Å². The lowest BCUT2D eigenvalue weighted by Crippen LogP contribution is -2.04. The Morgan fingerprint density at radius 2 is 0.786 bits per heavy atom. The third kappa shape index (κ3) is 4.56. The summed E-state index contributed by atoms with van der Waals surface area (Å²) < 4.78 is 83.9. The average Bonchev–Trinajstić information content (AvgIpc) is 3.65. The molecule has 11 rings (SSSR count). The molecule has 6 heteroatoms. The fourth-order valence-corrected chi connectivity index (χ4v) is 9.58. The standard InChI is InChI=1S/C50H28F6/c1-25-18-30-19-26(2)21-42-43(30)41(20-25)47-44(27-10-14-31(15-11-27)49(51,52)53)39-23-36-35-9-5-8-34-33-7-4-3-6-29(33)22-38(46(34)35)37(36)24-40(39)45(48(42)47)28-12-16-32(17-13-28)50(54,55)56/h3-24H,1-2H3. The van der Waals surface area contributed by atoms with Gasteiger partial charge in [0.05, 0.1) is 11.1 Å². The lowest BCUT2D eigenvalue weighted by molar-refractivity contribution is -0.138. The molecule has 0 aromatic heterocycles. The lowest BCUT2D eigenvalue weighted by atomic mass is 9.85. The molecule has 0 spiro atoms. The summed E-state index contributed by atoms with van der Waals surface area (Å²) in [5, 5.41) is 15.9. The average molecular weight is 743 g/mol. The summed E-state index contributed by atoms with van der Waals surface area (Å²) in [6.07, 6.45) is -9.03. The zero-order valence-corrected chi connectivity index (χ0v) is 30.0. The molecule has 0 aliphatic carbocycles. The van der Waals surface area contributed by atoms with Gasteiger partial charge in [-0.3, -0.25) is 0 Å². The first kappa shape index (κ1) is 33.0. The van der Waals surface area contributed by atoms with Gasteiger partial charge in [-0.25, -0.2) is 0 Å². The molecule has 0 bridgehead atoms. The quantitative estimate of drug-likeness (QED) is 0.122. The number of hydrogen-bond donors (Lipinski definition) is 0. The third-order valence-electron chi connectivity index (χ3n) is 11.8. The SMILES string of the molecule is Cc1cc2cc(C)cc3c4c(-c5ccc(C(F)(F)F)cc5)c5cc6c(cc5c(-c5ccc(C(F)(F)F)cc5)c4c(c1)c23)c1cccc2c3ccccc3cc6c21. The maximum absolute atomic E-state index is 14.0. The molecular weight excluding hydrogens is 715 g/mol. The predicted octanol–water partition coefficient (Wildman–Crippen LogP) is 15.8. The Hall–Kier alpha value is -6.40. The smallest absolute Gasteiger partial charge is 0.166 e. The Balaban J connectivity index is 1.41. The minimum atomic E-state index is -4.51. The monoisotopic (exact) mass is 742 g/mol. The number of rotatable bonds is 2. The number of alkyl halides is 6. The van der Waals surface area contributed by atoms with Gasteiger partial charge < -0.3 is 0 Å². The molecule has 0 fully saturated rings. The highest BCUT2D eigenvalue weighted by Gasteiger charge is 2.32. The van der Waals surface area contributed by atoms with E-state index in [-0.39, 0.29) is 0 Å². The van der Waals surface area contributed by atoms with Crippen LogP contribution >= 0.6 is 0 Å². The van der Waals surface area contributed by atoms with Crippen LogP contribution in [0.1, 0.15) is 22.3 Å². The fourth-order valence-electron chi connectivity index (χ4n) is 9.58. The van der Waals surface area contributed by atoms with Crippen molar-refractivity contribution in [3.05, 3.63) is 156 Å². The highest BCUT2D eigenvalue weighted by molar-refractivity contribution is 6.42. The van der Waals surface area contributed by atoms with E-state index in [1.54, 1.807) is 24.3 Å². The fraction of sp³-hybridized carbons (Fsp3) is 0.0800. The molecule has 0 N–H and O–H groups in total. The Kier molecular flexibility index (Phi) is 6.54. The minimum absolute atomic E-state index is 0.622. The third-order valence-corrected chi connectivity index (χ3v) is 11.8. The molecule has 0 atom stereocenters. The van der Waals surface area contributed by atoms with Crippen molar-refractivity contribution in [1.29, 1.82) is 0 Å². The van der Waals surface area contributed by atoms with Crippen molar-refractivity contribution in [2.24, 2.45) is 0 Å². The minimum Gasteiger partial charge on any atom is -0.166 e. The molecule has 0 amide bonds. The van der Waals surface area contributed by atoms with Crippen molar-refractivity contribution in [2.45, 2.75) is 26.2 Å².